The zero-order valence-electron chi connectivity index (χ0n) is 16.9. The fraction of sp³-hybridized carbons (Fsp3) is 0.417. The van der Waals surface area contributed by atoms with Gasteiger partial charge in [-0.25, -0.2) is 4.98 Å². The van der Waals surface area contributed by atoms with Crippen LogP contribution in [0.1, 0.15) is 58.6 Å². The SMILES string of the molecule is Cc1nc2c3c(c(C(=O)NC4CC4)cc2n1C)CCC1(CCc2ccccc21)O3. The van der Waals surface area contributed by atoms with Crippen LogP contribution in [-0.4, -0.2) is 21.5 Å². The summed E-state index contributed by atoms with van der Waals surface area (Å²) in [4.78, 5) is 17.9. The number of fused-ring (bicyclic) bond motifs is 5. The molecule has 5 heteroatoms. The quantitative estimate of drug-likeness (QED) is 0.725. The molecule has 0 bridgehead atoms. The van der Waals surface area contributed by atoms with E-state index in [1.807, 2.05) is 20.0 Å². The van der Waals surface area contributed by atoms with Crippen molar-refractivity contribution in [3.05, 3.63) is 58.4 Å². The largest absolute Gasteiger partial charge is 0.480 e. The molecular weight excluding hydrogens is 362 g/mol. The van der Waals surface area contributed by atoms with Crippen molar-refractivity contribution in [1.82, 2.24) is 14.9 Å². The number of benzene rings is 2. The Morgan fingerprint density at radius 2 is 2.03 bits per heavy atom. The number of carbonyl (C=O) groups is 1. The highest BCUT2D eigenvalue weighted by molar-refractivity contribution is 6.02. The van der Waals surface area contributed by atoms with Crippen LogP contribution in [0.15, 0.2) is 30.3 Å². The molecule has 1 spiro atoms. The Labute approximate surface area is 170 Å². The first kappa shape index (κ1) is 17.1. The number of hydrogen-bond donors (Lipinski definition) is 1. The highest BCUT2D eigenvalue weighted by Gasteiger charge is 2.45. The molecule has 2 aromatic carbocycles. The molecule has 29 heavy (non-hydrogen) atoms. The molecule has 2 aliphatic carbocycles. The molecule has 1 amide bonds. The van der Waals surface area contributed by atoms with E-state index in [0.717, 1.165) is 72.3 Å². The smallest absolute Gasteiger partial charge is 0.251 e. The standard InChI is InChI=1S/C24H25N3O2/c1-14-25-21-20(27(14)2)13-18(23(28)26-16-7-8-16)17-10-12-24(29-22(17)21)11-9-15-5-3-4-6-19(15)24/h3-6,13,16H,7-12H2,1-2H3,(H,26,28). The lowest BCUT2D eigenvalue weighted by Crippen LogP contribution is -2.36. The Morgan fingerprint density at radius 3 is 2.86 bits per heavy atom. The van der Waals surface area contributed by atoms with Crippen molar-refractivity contribution >= 4 is 16.9 Å². The number of nitrogens with one attached hydrogen (secondary N) is 1. The van der Waals surface area contributed by atoms with Crippen LogP contribution in [0.4, 0.5) is 0 Å². The maximum atomic E-state index is 13.0. The predicted molar refractivity (Wildman–Crippen MR) is 111 cm³/mol. The molecule has 2 heterocycles. The lowest BCUT2D eigenvalue weighted by atomic mass is 9.84. The van der Waals surface area contributed by atoms with Gasteiger partial charge in [0.05, 0.1) is 5.52 Å². The van der Waals surface area contributed by atoms with Gasteiger partial charge in [-0.2, -0.15) is 0 Å². The van der Waals surface area contributed by atoms with E-state index in [-0.39, 0.29) is 11.5 Å². The third kappa shape index (κ3) is 2.46. The molecule has 148 valence electrons. The van der Waals surface area contributed by atoms with Crippen molar-refractivity contribution in [2.45, 2.75) is 57.1 Å². The first-order valence-corrected chi connectivity index (χ1v) is 10.6. The van der Waals surface area contributed by atoms with Crippen molar-refractivity contribution in [2.75, 3.05) is 0 Å². The van der Waals surface area contributed by atoms with Crippen molar-refractivity contribution in [1.29, 1.82) is 0 Å². The monoisotopic (exact) mass is 387 g/mol. The van der Waals surface area contributed by atoms with E-state index < -0.39 is 0 Å². The van der Waals surface area contributed by atoms with Gasteiger partial charge in [-0.1, -0.05) is 24.3 Å². The zero-order valence-corrected chi connectivity index (χ0v) is 16.9. The normalized spacial score (nSPS) is 22.4. The van der Waals surface area contributed by atoms with Crippen molar-refractivity contribution in [3.63, 3.8) is 0 Å². The van der Waals surface area contributed by atoms with Crippen LogP contribution in [-0.2, 0) is 25.5 Å². The molecule has 1 aromatic heterocycles. The molecule has 1 fully saturated rings. The van der Waals surface area contributed by atoms with E-state index in [1.165, 1.54) is 11.1 Å². The summed E-state index contributed by atoms with van der Waals surface area (Å²) in [5.41, 5.74) is 6.00. The fourth-order valence-corrected chi connectivity index (χ4v) is 5.09. The molecule has 1 unspecified atom stereocenters. The van der Waals surface area contributed by atoms with Gasteiger partial charge in [-0.3, -0.25) is 4.79 Å². The number of hydrogen-bond acceptors (Lipinski definition) is 3. The lowest BCUT2D eigenvalue weighted by Gasteiger charge is -2.37. The summed E-state index contributed by atoms with van der Waals surface area (Å²) in [6.07, 6.45) is 5.92. The van der Waals surface area contributed by atoms with E-state index in [4.69, 9.17) is 9.72 Å². The maximum absolute atomic E-state index is 13.0. The molecule has 1 atom stereocenters. The highest BCUT2D eigenvalue weighted by atomic mass is 16.5. The molecule has 1 saturated carbocycles. The van der Waals surface area contributed by atoms with E-state index in [2.05, 4.69) is 34.1 Å². The Balaban J connectivity index is 1.53. The second-order valence-corrected chi connectivity index (χ2v) is 8.82. The van der Waals surface area contributed by atoms with E-state index >= 15 is 0 Å². The second kappa shape index (κ2) is 5.85. The number of aromatic nitrogens is 2. The van der Waals surface area contributed by atoms with Crippen molar-refractivity contribution < 1.29 is 9.53 Å². The molecule has 0 saturated heterocycles. The van der Waals surface area contributed by atoms with Crippen LogP contribution in [0, 0.1) is 6.92 Å². The molecule has 6 rings (SSSR count). The van der Waals surface area contributed by atoms with Crippen LogP contribution in [0.3, 0.4) is 0 Å². The molecular formula is C24H25N3O2. The lowest BCUT2D eigenvalue weighted by molar-refractivity contribution is 0.0459. The van der Waals surface area contributed by atoms with Crippen molar-refractivity contribution in [2.24, 2.45) is 7.05 Å². The van der Waals surface area contributed by atoms with Gasteiger partial charge in [-0.05, 0) is 62.6 Å². The van der Waals surface area contributed by atoms with Gasteiger partial charge in [-0.15, -0.1) is 0 Å². The maximum Gasteiger partial charge on any atom is 0.251 e. The average molecular weight is 387 g/mol. The number of ether oxygens (including phenoxy) is 1. The van der Waals surface area contributed by atoms with Gasteiger partial charge in [0, 0.05) is 24.2 Å². The topological polar surface area (TPSA) is 56.2 Å². The van der Waals surface area contributed by atoms with E-state index in [9.17, 15) is 4.79 Å². The Hall–Kier alpha value is -2.82. The summed E-state index contributed by atoms with van der Waals surface area (Å²) >= 11 is 0. The van der Waals surface area contributed by atoms with Crippen LogP contribution in [0.5, 0.6) is 5.75 Å². The van der Waals surface area contributed by atoms with E-state index in [1.54, 1.807) is 0 Å². The number of amides is 1. The number of aryl methyl sites for hydroxylation is 3. The van der Waals surface area contributed by atoms with Gasteiger partial charge >= 0.3 is 0 Å². The summed E-state index contributed by atoms with van der Waals surface area (Å²) < 4.78 is 8.90. The number of rotatable bonds is 2. The number of imidazole rings is 1. The van der Waals surface area contributed by atoms with Crippen LogP contribution in [0.2, 0.25) is 0 Å². The Kier molecular flexibility index (Phi) is 3.44. The molecule has 3 aromatic rings. The minimum absolute atomic E-state index is 0.0240. The minimum atomic E-state index is -0.298. The number of nitrogens with zero attached hydrogens (tertiary/aromatic N) is 2. The first-order valence-electron chi connectivity index (χ1n) is 10.6. The molecule has 3 aliphatic rings. The first-order chi connectivity index (χ1) is 14.1. The van der Waals surface area contributed by atoms with Gasteiger partial charge < -0.3 is 14.6 Å². The summed E-state index contributed by atoms with van der Waals surface area (Å²) in [6.45, 7) is 2.00. The van der Waals surface area contributed by atoms with Gasteiger partial charge in [0.2, 0.25) is 0 Å². The summed E-state index contributed by atoms with van der Waals surface area (Å²) in [7, 11) is 2.00. The number of carbonyl (C=O) groups excluding carboxylic acids is 1. The Morgan fingerprint density at radius 1 is 1.24 bits per heavy atom. The third-order valence-electron chi connectivity index (χ3n) is 7.00. The van der Waals surface area contributed by atoms with Gasteiger partial charge in [0.15, 0.2) is 5.75 Å². The van der Waals surface area contributed by atoms with E-state index in [0.29, 0.717) is 6.04 Å². The summed E-state index contributed by atoms with van der Waals surface area (Å²) in [5.74, 6) is 1.77. The van der Waals surface area contributed by atoms with Crippen LogP contribution >= 0.6 is 0 Å². The van der Waals surface area contributed by atoms with Crippen molar-refractivity contribution in [3.8, 4) is 5.75 Å². The molecule has 5 nitrogen and oxygen atoms in total. The highest BCUT2D eigenvalue weighted by Crippen LogP contribution is 2.50. The van der Waals surface area contributed by atoms with Crippen LogP contribution < -0.4 is 10.1 Å². The summed E-state index contributed by atoms with van der Waals surface area (Å²) in [5, 5.41) is 3.16. The minimum Gasteiger partial charge on any atom is -0.480 e. The fourth-order valence-electron chi connectivity index (χ4n) is 5.09. The second-order valence-electron chi connectivity index (χ2n) is 8.82. The molecule has 0 radical (unpaired) electrons. The summed E-state index contributed by atoms with van der Waals surface area (Å²) in [6, 6.07) is 11.0. The van der Waals surface area contributed by atoms with Gasteiger partial charge in [0.25, 0.3) is 5.91 Å². The molecule has 1 N–H and O–H groups in total. The Bertz CT molecular complexity index is 1170. The third-order valence-corrected chi connectivity index (χ3v) is 7.00. The van der Waals surface area contributed by atoms with Crippen LogP contribution in [0.25, 0.3) is 11.0 Å². The van der Waals surface area contributed by atoms with Gasteiger partial charge in [0.1, 0.15) is 16.9 Å². The molecule has 1 aliphatic heterocycles. The zero-order chi connectivity index (χ0) is 19.8. The predicted octanol–water partition coefficient (Wildman–Crippen LogP) is 3.94. The average Bonchev–Trinajstić information content (AvgIpc) is 3.42.